The third-order valence-corrected chi connectivity index (χ3v) is 3.09. The van der Waals surface area contributed by atoms with Crippen molar-refractivity contribution in [3.8, 4) is 0 Å². The van der Waals surface area contributed by atoms with Crippen LogP contribution in [0.4, 0.5) is 0 Å². The number of aliphatic hydroxyl groups excluding tert-OH is 1. The summed E-state index contributed by atoms with van der Waals surface area (Å²) in [6.07, 6.45) is 3.63. The molecule has 2 unspecified atom stereocenters. The number of nitrogens with zero attached hydrogens (tertiary/aromatic N) is 1. The minimum atomic E-state index is -0.324. The molecule has 0 aromatic carbocycles. The van der Waals surface area contributed by atoms with Crippen LogP contribution in [0, 0.1) is 0 Å². The Morgan fingerprint density at radius 3 is 2.93 bits per heavy atom. The summed E-state index contributed by atoms with van der Waals surface area (Å²) < 4.78 is 4.65. The molecule has 0 saturated carbocycles. The second kappa shape index (κ2) is 6.08. The number of aliphatic hydroxyl groups is 1. The molecule has 0 aromatic heterocycles. The Labute approximate surface area is 91.2 Å². The van der Waals surface area contributed by atoms with Crippen molar-refractivity contribution in [2.24, 2.45) is 0 Å². The monoisotopic (exact) mass is 215 g/mol. The lowest BCUT2D eigenvalue weighted by molar-refractivity contribution is -0.143. The zero-order chi connectivity index (χ0) is 11.3. The average molecular weight is 215 g/mol. The van der Waals surface area contributed by atoms with Gasteiger partial charge in [-0.3, -0.25) is 9.69 Å². The molecule has 4 heteroatoms. The third kappa shape index (κ3) is 3.47. The maximum Gasteiger partial charge on any atom is 0.319 e. The highest BCUT2D eigenvalue weighted by molar-refractivity contribution is 5.71. The minimum Gasteiger partial charge on any atom is -0.468 e. The summed E-state index contributed by atoms with van der Waals surface area (Å²) in [7, 11) is 1.40. The lowest BCUT2D eigenvalue weighted by atomic mass is 9.96. The third-order valence-electron chi connectivity index (χ3n) is 3.09. The molecule has 1 heterocycles. The Balaban J connectivity index is 2.53. The summed E-state index contributed by atoms with van der Waals surface area (Å²) in [6.45, 7) is 3.16. The van der Waals surface area contributed by atoms with Crippen molar-refractivity contribution in [2.75, 3.05) is 20.2 Å². The van der Waals surface area contributed by atoms with Crippen LogP contribution in [0.3, 0.4) is 0 Å². The second-order valence-electron chi connectivity index (χ2n) is 4.09. The summed E-state index contributed by atoms with van der Waals surface area (Å²) in [5.74, 6) is -0.217. The van der Waals surface area contributed by atoms with Gasteiger partial charge in [-0.2, -0.15) is 0 Å². The Bertz CT molecular complexity index is 208. The molecule has 15 heavy (non-hydrogen) atoms. The maximum absolute atomic E-state index is 11.2. The van der Waals surface area contributed by atoms with E-state index in [1.54, 1.807) is 0 Å². The molecule has 2 atom stereocenters. The molecule has 4 nitrogen and oxygen atoms in total. The van der Waals surface area contributed by atoms with Crippen LogP contribution in [0.2, 0.25) is 0 Å². The molecule has 0 amide bonds. The molecule has 0 radical (unpaired) electrons. The number of methoxy groups -OCH3 is 1. The smallest absolute Gasteiger partial charge is 0.319 e. The fourth-order valence-electron chi connectivity index (χ4n) is 2.15. The van der Waals surface area contributed by atoms with Crippen LogP contribution >= 0.6 is 0 Å². The van der Waals surface area contributed by atoms with Crippen molar-refractivity contribution in [2.45, 2.75) is 44.8 Å². The Kier molecular flexibility index (Phi) is 5.05. The predicted octanol–water partition coefficient (Wildman–Crippen LogP) is 0.785. The number of likely N-dealkylation sites (tertiary alicyclic amines) is 1. The van der Waals surface area contributed by atoms with Gasteiger partial charge in [-0.05, 0) is 25.8 Å². The van der Waals surface area contributed by atoms with E-state index < -0.39 is 0 Å². The summed E-state index contributed by atoms with van der Waals surface area (Å²) >= 11 is 0. The molecule has 1 aliphatic heterocycles. The van der Waals surface area contributed by atoms with E-state index >= 15 is 0 Å². The van der Waals surface area contributed by atoms with E-state index in [0.29, 0.717) is 6.54 Å². The Morgan fingerprint density at radius 1 is 1.60 bits per heavy atom. The van der Waals surface area contributed by atoms with Crippen LogP contribution in [0.5, 0.6) is 0 Å². The van der Waals surface area contributed by atoms with Crippen molar-refractivity contribution < 1.29 is 14.6 Å². The SMILES string of the molecule is CCC(O)C1CCCCN1CC(=O)OC. The van der Waals surface area contributed by atoms with Crippen molar-refractivity contribution in [3.63, 3.8) is 0 Å². The van der Waals surface area contributed by atoms with Gasteiger partial charge in [0.1, 0.15) is 0 Å². The van der Waals surface area contributed by atoms with Crippen molar-refractivity contribution in [3.05, 3.63) is 0 Å². The molecule has 0 spiro atoms. The molecular formula is C11H21NO3. The summed E-state index contributed by atoms with van der Waals surface area (Å²) in [6, 6.07) is 0.128. The molecule has 88 valence electrons. The van der Waals surface area contributed by atoms with Crippen LogP contribution in [-0.4, -0.2) is 48.3 Å². The fourth-order valence-corrected chi connectivity index (χ4v) is 2.15. The van der Waals surface area contributed by atoms with E-state index in [0.717, 1.165) is 32.2 Å². The van der Waals surface area contributed by atoms with Gasteiger partial charge in [0, 0.05) is 6.04 Å². The molecule has 0 bridgehead atoms. The largest absolute Gasteiger partial charge is 0.468 e. The van der Waals surface area contributed by atoms with E-state index in [-0.39, 0.29) is 18.1 Å². The number of hydrogen-bond donors (Lipinski definition) is 1. The molecule has 1 saturated heterocycles. The number of carbonyl (C=O) groups is 1. The number of esters is 1. The van der Waals surface area contributed by atoms with Gasteiger partial charge in [-0.25, -0.2) is 0 Å². The second-order valence-corrected chi connectivity index (χ2v) is 4.09. The molecule has 1 aliphatic rings. The van der Waals surface area contributed by atoms with Gasteiger partial charge in [0.05, 0.1) is 19.8 Å². The Hall–Kier alpha value is -0.610. The first-order valence-electron chi connectivity index (χ1n) is 5.68. The normalized spacial score (nSPS) is 24.9. The summed E-state index contributed by atoms with van der Waals surface area (Å²) in [5, 5.41) is 9.84. The number of carbonyl (C=O) groups excluding carboxylic acids is 1. The standard InChI is InChI=1S/C11H21NO3/c1-3-10(13)9-6-4-5-7-12(9)8-11(14)15-2/h9-10,13H,3-8H2,1-2H3. The zero-order valence-corrected chi connectivity index (χ0v) is 9.61. The summed E-state index contributed by atoms with van der Waals surface area (Å²) in [4.78, 5) is 13.2. The van der Waals surface area contributed by atoms with Gasteiger partial charge in [0.25, 0.3) is 0 Å². The van der Waals surface area contributed by atoms with Crippen molar-refractivity contribution in [1.82, 2.24) is 4.90 Å². The summed E-state index contributed by atoms with van der Waals surface area (Å²) in [5.41, 5.74) is 0. The van der Waals surface area contributed by atoms with Crippen LogP contribution in [0.15, 0.2) is 0 Å². The first-order chi connectivity index (χ1) is 7.19. The first-order valence-corrected chi connectivity index (χ1v) is 5.68. The van der Waals surface area contributed by atoms with Gasteiger partial charge < -0.3 is 9.84 Å². The van der Waals surface area contributed by atoms with E-state index in [1.807, 2.05) is 11.8 Å². The van der Waals surface area contributed by atoms with Crippen molar-refractivity contribution in [1.29, 1.82) is 0 Å². The van der Waals surface area contributed by atoms with E-state index in [1.165, 1.54) is 7.11 Å². The van der Waals surface area contributed by atoms with Gasteiger partial charge in [-0.1, -0.05) is 13.3 Å². The minimum absolute atomic E-state index is 0.128. The number of rotatable bonds is 4. The number of hydrogen-bond acceptors (Lipinski definition) is 4. The lowest BCUT2D eigenvalue weighted by Gasteiger charge is -2.37. The van der Waals surface area contributed by atoms with Crippen LogP contribution in [-0.2, 0) is 9.53 Å². The van der Waals surface area contributed by atoms with Gasteiger partial charge in [0.15, 0.2) is 0 Å². The van der Waals surface area contributed by atoms with E-state index in [2.05, 4.69) is 4.74 Å². The van der Waals surface area contributed by atoms with Gasteiger partial charge >= 0.3 is 5.97 Å². The molecule has 0 aliphatic carbocycles. The molecule has 1 N–H and O–H groups in total. The highest BCUT2D eigenvalue weighted by atomic mass is 16.5. The van der Waals surface area contributed by atoms with Crippen molar-refractivity contribution >= 4 is 5.97 Å². The molecule has 0 aromatic rings. The lowest BCUT2D eigenvalue weighted by Crippen LogP contribution is -2.48. The van der Waals surface area contributed by atoms with E-state index in [4.69, 9.17) is 0 Å². The van der Waals surface area contributed by atoms with Crippen LogP contribution < -0.4 is 0 Å². The highest BCUT2D eigenvalue weighted by Gasteiger charge is 2.28. The zero-order valence-electron chi connectivity index (χ0n) is 9.61. The average Bonchev–Trinajstić information content (AvgIpc) is 2.28. The number of piperidine rings is 1. The molecule has 1 rings (SSSR count). The van der Waals surface area contributed by atoms with Crippen LogP contribution in [0.25, 0.3) is 0 Å². The topological polar surface area (TPSA) is 49.8 Å². The number of ether oxygens (including phenoxy) is 1. The fraction of sp³-hybridized carbons (Fsp3) is 0.909. The van der Waals surface area contributed by atoms with Gasteiger partial charge in [0.2, 0.25) is 0 Å². The van der Waals surface area contributed by atoms with E-state index in [9.17, 15) is 9.90 Å². The predicted molar refractivity (Wildman–Crippen MR) is 57.5 cm³/mol. The Morgan fingerprint density at radius 2 is 2.33 bits per heavy atom. The highest BCUT2D eigenvalue weighted by Crippen LogP contribution is 2.20. The molecule has 1 fully saturated rings. The quantitative estimate of drug-likeness (QED) is 0.704. The maximum atomic E-state index is 11.2. The van der Waals surface area contributed by atoms with Crippen LogP contribution in [0.1, 0.15) is 32.6 Å². The first kappa shape index (κ1) is 12.5. The van der Waals surface area contributed by atoms with Gasteiger partial charge in [-0.15, -0.1) is 0 Å². The molecular weight excluding hydrogens is 194 g/mol.